The highest BCUT2D eigenvalue weighted by Crippen LogP contribution is 2.35. The van der Waals surface area contributed by atoms with Gasteiger partial charge in [-0.1, -0.05) is 25.4 Å². The molecule has 100 valence electrons. The average Bonchev–Trinajstić information content (AvgIpc) is 2.55. The van der Waals surface area contributed by atoms with Gasteiger partial charge in [0, 0.05) is 11.8 Å². The van der Waals surface area contributed by atoms with Crippen LogP contribution in [0.25, 0.3) is 0 Å². The number of carboxylic acids is 1. The maximum absolute atomic E-state index is 12.0. The van der Waals surface area contributed by atoms with Crippen LogP contribution < -0.4 is 4.90 Å². The Morgan fingerprint density at radius 2 is 1.74 bits per heavy atom. The van der Waals surface area contributed by atoms with Crippen molar-refractivity contribution < 1.29 is 19.5 Å². The van der Waals surface area contributed by atoms with E-state index < -0.39 is 17.8 Å². The lowest BCUT2D eigenvalue weighted by Gasteiger charge is -2.16. The van der Waals surface area contributed by atoms with Gasteiger partial charge in [-0.2, -0.15) is 0 Å². The lowest BCUT2D eigenvalue weighted by atomic mass is 10.00. The number of benzene rings is 1. The number of amides is 2. The molecule has 0 radical (unpaired) electrons. The van der Waals surface area contributed by atoms with Crippen LogP contribution in [-0.2, 0) is 9.59 Å². The lowest BCUT2D eigenvalue weighted by Crippen LogP contribution is -2.30. The first-order valence-corrected chi connectivity index (χ1v) is 6.13. The minimum atomic E-state index is -1.12. The van der Waals surface area contributed by atoms with Gasteiger partial charge in [0.05, 0.1) is 16.3 Å². The summed E-state index contributed by atoms with van der Waals surface area (Å²) in [6, 6.07) is 3.93. The lowest BCUT2D eigenvalue weighted by molar-refractivity contribution is -0.122. The zero-order chi connectivity index (χ0) is 14.3. The Kier molecular flexibility index (Phi) is 3.32. The summed E-state index contributed by atoms with van der Waals surface area (Å²) < 4.78 is 0. The Morgan fingerprint density at radius 3 is 2.16 bits per heavy atom. The van der Waals surface area contributed by atoms with Gasteiger partial charge in [-0.05, 0) is 18.2 Å². The molecule has 0 saturated carbocycles. The molecule has 0 spiro atoms. The molecule has 6 heteroatoms. The van der Waals surface area contributed by atoms with E-state index in [0.717, 1.165) is 4.90 Å². The molecule has 19 heavy (non-hydrogen) atoms. The fraction of sp³-hybridized carbons (Fsp3) is 0.308. The van der Waals surface area contributed by atoms with Gasteiger partial charge in [0.15, 0.2) is 0 Å². The fourth-order valence-corrected chi connectivity index (χ4v) is 2.27. The average molecular weight is 282 g/mol. The maximum atomic E-state index is 12.0. The van der Waals surface area contributed by atoms with Gasteiger partial charge < -0.3 is 5.11 Å². The van der Waals surface area contributed by atoms with Gasteiger partial charge >= 0.3 is 5.97 Å². The van der Waals surface area contributed by atoms with E-state index in [9.17, 15) is 14.4 Å². The third kappa shape index (κ3) is 2.10. The fourth-order valence-electron chi connectivity index (χ4n) is 2.00. The number of aromatic carboxylic acids is 1. The summed E-state index contributed by atoms with van der Waals surface area (Å²) in [6.07, 6.45) is 0. The molecule has 1 aromatic rings. The van der Waals surface area contributed by atoms with E-state index in [1.807, 2.05) is 0 Å². The van der Waals surface area contributed by atoms with Crippen molar-refractivity contribution in [1.29, 1.82) is 0 Å². The first-order valence-electron chi connectivity index (χ1n) is 5.75. The summed E-state index contributed by atoms with van der Waals surface area (Å²) in [4.78, 5) is 35.9. The molecular formula is C13H12ClNO4. The van der Waals surface area contributed by atoms with Crippen molar-refractivity contribution in [3.05, 3.63) is 28.8 Å². The molecule has 2 rings (SSSR count). The van der Waals surface area contributed by atoms with E-state index in [4.69, 9.17) is 16.7 Å². The molecule has 1 N–H and O–H groups in total. The van der Waals surface area contributed by atoms with Crippen LogP contribution in [0.15, 0.2) is 18.2 Å². The van der Waals surface area contributed by atoms with Crippen molar-refractivity contribution in [3.63, 3.8) is 0 Å². The van der Waals surface area contributed by atoms with Crippen molar-refractivity contribution in [1.82, 2.24) is 0 Å². The molecule has 1 heterocycles. The Bertz CT molecular complexity index is 564. The Labute approximate surface area is 114 Å². The van der Waals surface area contributed by atoms with E-state index in [1.54, 1.807) is 13.8 Å². The monoisotopic (exact) mass is 281 g/mol. The summed E-state index contributed by atoms with van der Waals surface area (Å²) in [5, 5.41) is 8.92. The predicted octanol–water partition coefficient (Wildman–Crippen LogP) is 2.18. The number of carbonyl (C=O) groups excluding carboxylic acids is 2. The molecular weight excluding hydrogens is 270 g/mol. The number of hydrogen-bond donors (Lipinski definition) is 1. The number of imide groups is 1. The largest absolute Gasteiger partial charge is 0.478 e. The van der Waals surface area contributed by atoms with E-state index in [-0.39, 0.29) is 28.1 Å². The van der Waals surface area contributed by atoms with Gasteiger partial charge in [-0.15, -0.1) is 0 Å². The second-order valence-corrected chi connectivity index (χ2v) is 4.97. The number of rotatable bonds is 2. The number of anilines is 1. The van der Waals surface area contributed by atoms with Crippen LogP contribution in [0, 0.1) is 11.8 Å². The second kappa shape index (κ2) is 4.66. The summed E-state index contributed by atoms with van der Waals surface area (Å²) in [6.45, 7) is 3.37. The smallest absolute Gasteiger partial charge is 0.335 e. The van der Waals surface area contributed by atoms with E-state index >= 15 is 0 Å². The number of halogens is 1. The second-order valence-electron chi connectivity index (χ2n) is 4.56. The van der Waals surface area contributed by atoms with Crippen LogP contribution in [0.1, 0.15) is 24.2 Å². The predicted molar refractivity (Wildman–Crippen MR) is 69.2 cm³/mol. The summed E-state index contributed by atoms with van der Waals surface area (Å²) in [5.41, 5.74) is 0.242. The summed E-state index contributed by atoms with van der Waals surface area (Å²) in [7, 11) is 0. The van der Waals surface area contributed by atoms with Crippen molar-refractivity contribution in [3.8, 4) is 0 Å². The highest BCUT2D eigenvalue weighted by Gasteiger charge is 2.43. The summed E-state index contributed by atoms with van der Waals surface area (Å²) >= 11 is 5.97. The Hall–Kier alpha value is -1.88. The van der Waals surface area contributed by atoms with Crippen LogP contribution in [-0.4, -0.2) is 22.9 Å². The first-order chi connectivity index (χ1) is 8.84. The minimum absolute atomic E-state index is 0.00828. The minimum Gasteiger partial charge on any atom is -0.478 e. The first kappa shape index (κ1) is 13.5. The Balaban J connectivity index is 2.46. The van der Waals surface area contributed by atoms with Crippen LogP contribution in [0.2, 0.25) is 5.02 Å². The molecule has 1 saturated heterocycles. The van der Waals surface area contributed by atoms with Crippen molar-refractivity contribution >= 4 is 35.1 Å². The molecule has 1 aromatic carbocycles. The van der Waals surface area contributed by atoms with Gasteiger partial charge in [0.1, 0.15) is 0 Å². The molecule has 0 aromatic heterocycles. The number of nitrogens with zero attached hydrogens (tertiary/aromatic N) is 1. The van der Waals surface area contributed by atoms with Crippen molar-refractivity contribution in [2.45, 2.75) is 13.8 Å². The van der Waals surface area contributed by atoms with Gasteiger partial charge in [-0.25, -0.2) is 9.69 Å². The Morgan fingerprint density at radius 1 is 1.21 bits per heavy atom. The third-order valence-corrected chi connectivity index (χ3v) is 3.71. The molecule has 1 fully saturated rings. The molecule has 2 unspecified atom stereocenters. The maximum Gasteiger partial charge on any atom is 0.335 e. The molecule has 1 aliphatic rings. The van der Waals surface area contributed by atoms with Gasteiger partial charge in [0.25, 0.3) is 0 Å². The highest BCUT2D eigenvalue weighted by atomic mass is 35.5. The molecule has 5 nitrogen and oxygen atoms in total. The molecule has 0 aliphatic carbocycles. The van der Waals surface area contributed by atoms with Crippen molar-refractivity contribution in [2.75, 3.05) is 4.90 Å². The van der Waals surface area contributed by atoms with Crippen molar-refractivity contribution in [2.24, 2.45) is 11.8 Å². The normalized spacial score (nSPS) is 23.0. The SMILES string of the molecule is CC1C(=O)N(c2ccc(C(=O)O)cc2Cl)C(=O)C1C. The van der Waals surface area contributed by atoms with Crippen LogP contribution in [0.3, 0.4) is 0 Å². The van der Waals surface area contributed by atoms with Crippen LogP contribution in [0.4, 0.5) is 5.69 Å². The molecule has 0 bridgehead atoms. The van der Waals surface area contributed by atoms with E-state index in [2.05, 4.69) is 0 Å². The number of hydrogen-bond acceptors (Lipinski definition) is 3. The van der Waals surface area contributed by atoms with Crippen LogP contribution >= 0.6 is 11.6 Å². The zero-order valence-electron chi connectivity index (χ0n) is 10.4. The molecule has 1 aliphatic heterocycles. The van der Waals surface area contributed by atoms with Gasteiger partial charge in [0.2, 0.25) is 11.8 Å². The number of carbonyl (C=O) groups is 3. The topological polar surface area (TPSA) is 74.7 Å². The van der Waals surface area contributed by atoms with Crippen LogP contribution in [0.5, 0.6) is 0 Å². The van der Waals surface area contributed by atoms with E-state index in [1.165, 1.54) is 18.2 Å². The number of carboxylic acid groups (broad SMARTS) is 1. The third-order valence-electron chi connectivity index (χ3n) is 3.41. The van der Waals surface area contributed by atoms with Gasteiger partial charge in [-0.3, -0.25) is 9.59 Å². The zero-order valence-corrected chi connectivity index (χ0v) is 11.1. The van der Waals surface area contributed by atoms with E-state index in [0.29, 0.717) is 0 Å². The summed E-state index contributed by atoms with van der Waals surface area (Å²) in [5.74, 6) is -2.55. The molecule has 2 atom stereocenters. The highest BCUT2D eigenvalue weighted by molar-refractivity contribution is 6.36. The molecule has 2 amide bonds. The standard InChI is InChI=1S/C13H12ClNO4/c1-6-7(2)12(17)15(11(6)16)10-4-3-8(13(18)19)5-9(10)14/h3-7H,1-2H3,(H,18,19). The quantitative estimate of drug-likeness (QED) is 0.843.